The first-order valence-electron chi connectivity index (χ1n) is 7.00. The summed E-state index contributed by atoms with van der Waals surface area (Å²) in [6.45, 7) is 5.07. The van der Waals surface area contributed by atoms with E-state index in [0.717, 1.165) is 36.7 Å². The Labute approximate surface area is 117 Å². The van der Waals surface area contributed by atoms with E-state index in [9.17, 15) is 0 Å². The fourth-order valence-corrected chi connectivity index (χ4v) is 3.70. The molecule has 19 heavy (non-hydrogen) atoms. The second-order valence-corrected chi connectivity index (χ2v) is 6.29. The molecule has 1 fully saturated rings. The number of anilines is 1. The quantitative estimate of drug-likeness (QED) is 0.935. The summed E-state index contributed by atoms with van der Waals surface area (Å²) >= 11 is 1.78. The van der Waals surface area contributed by atoms with Crippen LogP contribution in [0.25, 0.3) is 10.2 Å². The molecule has 0 saturated carbocycles. The van der Waals surface area contributed by atoms with Gasteiger partial charge in [-0.1, -0.05) is 6.92 Å². The highest BCUT2D eigenvalue weighted by Gasteiger charge is 2.22. The van der Waals surface area contributed by atoms with Crippen LogP contribution in [0.5, 0.6) is 0 Å². The lowest BCUT2D eigenvalue weighted by Gasteiger charge is -2.33. The van der Waals surface area contributed by atoms with E-state index in [0.29, 0.717) is 5.92 Å². The van der Waals surface area contributed by atoms with Gasteiger partial charge in [-0.25, -0.2) is 9.97 Å². The molecule has 4 nitrogen and oxygen atoms in total. The number of piperidine rings is 1. The van der Waals surface area contributed by atoms with Gasteiger partial charge in [0, 0.05) is 18.0 Å². The van der Waals surface area contributed by atoms with E-state index in [1.54, 1.807) is 17.7 Å². The molecule has 1 aliphatic heterocycles. The van der Waals surface area contributed by atoms with Crippen LogP contribution in [0, 0.1) is 5.92 Å². The monoisotopic (exact) mass is 276 g/mol. The topological polar surface area (TPSA) is 55.0 Å². The molecule has 3 heterocycles. The largest absolute Gasteiger partial charge is 0.356 e. The maximum absolute atomic E-state index is 5.82. The lowest BCUT2D eigenvalue weighted by molar-refractivity contribution is 0.422. The second kappa shape index (κ2) is 5.43. The predicted octanol–water partition coefficient (Wildman–Crippen LogP) is 2.43. The number of hydrogen-bond acceptors (Lipinski definition) is 5. The van der Waals surface area contributed by atoms with Crippen LogP contribution in [-0.2, 0) is 6.42 Å². The van der Waals surface area contributed by atoms with Crippen molar-refractivity contribution < 1.29 is 0 Å². The summed E-state index contributed by atoms with van der Waals surface area (Å²) in [6, 6.07) is 2.25. The normalized spacial score (nSPS) is 20.1. The van der Waals surface area contributed by atoms with Crippen molar-refractivity contribution in [3.8, 4) is 0 Å². The van der Waals surface area contributed by atoms with E-state index in [1.807, 2.05) is 0 Å². The highest BCUT2D eigenvalue weighted by Crippen LogP contribution is 2.32. The molecule has 0 bridgehead atoms. The fourth-order valence-electron chi connectivity index (χ4n) is 2.77. The summed E-state index contributed by atoms with van der Waals surface area (Å²) in [6.07, 6.45) is 5.20. The average molecular weight is 276 g/mol. The van der Waals surface area contributed by atoms with Gasteiger partial charge in [0.2, 0.25) is 0 Å². The molecular formula is C14H20N4S. The van der Waals surface area contributed by atoms with Gasteiger partial charge in [0.15, 0.2) is 0 Å². The van der Waals surface area contributed by atoms with Crippen LogP contribution in [0.15, 0.2) is 12.4 Å². The Bertz CT molecular complexity index is 566. The molecule has 1 unspecified atom stereocenters. The first-order chi connectivity index (χ1) is 9.31. The van der Waals surface area contributed by atoms with Gasteiger partial charge in [0.25, 0.3) is 0 Å². The van der Waals surface area contributed by atoms with Crippen molar-refractivity contribution in [3.63, 3.8) is 0 Å². The minimum Gasteiger partial charge on any atom is -0.356 e. The number of fused-ring (bicyclic) bond motifs is 1. The third-order valence-electron chi connectivity index (χ3n) is 3.86. The van der Waals surface area contributed by atoms with Gasteiger partial charge in [-0.3, -0.25) is 0 Å². The van der Waals surface area contributed by atoms with Crippen LogP contribution in [0.2, 0.25) is 0 Å². The average Bonchev–Trinajstić information content (AvgIpc) is 2.90. The van der Waals surface area contributed by atoms with Crippen molar-refractivity contribution in [1.82, 2.24) is 9.97 Å². The molecule has 2 aromatic rings. The summed E-state index contributed by atoms with van der Waals surface area (Å²) in [5.41, 5.74) is 5.82. The fraction of sp³-hybridized carbons (Fsp3) is 0.571. The van der Waals surface area contributed by atoms with Crippen LogP contribution in [0.4, 0.5) is 5.82 Å². The van der Waals surface area contributed by atoms with E-state index in [1.165, 1.54) is 23.1 Å². The minimum absolute atomic E-state index is 0.600. The van der Waals surface area contributed by atoms with Crippen LogP contribution in [0.3, 0.4) is 0 Å². The summed E-state index contributed by atoms with van der Waals surface area (Å²) < 4.78 is 0. The zero-order valence-corrected chi connectivity index (χ0v) is 12.1. The zero-order valence-electron chi connectivity index (χ0n) is 11.3. The molecule has 0 spiro atoms. The molecule has 0 aliphatic carbocycles. The Balaban J connectivity index is 1.97. The summed E-state index contributed by atoms with van der Waals surface area (Å²) in [5, 5.41) is 1.21. The van der Waals surface area contributed by atoms with Gasteiger partial charge in [-0.05, 0) is 37.8 Å². The van der Waals surface area contributed by atoms with Crippen molar-refractivity contribution >= 4 is 27.4 Å². The van der Waals surface area contributed by atoms with Gasteiger partial charge < -0.3 is 10.6 Å². The predicted molar refractivity (Wildman–Crippen MR) is 80.8 cm³/mol. The molecule has 102 valence electrons. The highest BCUT2D eigenvalue weighted by molar-refractivity contribution is 7.18. The lowest BCUT2D eigenvalue weighted by Crippen LogP contribution is -2.38. The Morgan fingerprint density at radius 1 is 1.47 bits per heavy atom. The standard InChI is InChI=1S/C14H20N4S/c1-2-11-6-12-13(16-9-17-14(12)19-11)18-5-3-4-10(7-15)8-18/h6,9-10H,2-5,7-8,15H2,1H3. The van der Waals surface area contributed by atoms with E-state index in [-0.39, 0.29) is 0 Å². The molecule has 5 heteroatoms. The van der Waals surface area contributed by atoms with E-state index >= 15 is 0 Å². The number of rotatable bonds is 3. The van der Waals surface area contributed by atoms with Gasteiger partial charge in [-0.2, -0.15) is 0 Å². The maximum Gasteiger partial charge on any atom is 0.140 e. The third kappa shape index (κ3) is 2.44. The van der Waals surface area contributed by atoms with Crippen LogP contribution < -0.4 is 10.6 Å². The Morgan fingerprint density at radius 2 is 2.37 bits per heavy atom. The number of aryl methyl sites for hydroxylation is 1. The molecule has 0 aromatic carbocycles. The van der Waals surface area contributed by atoms with Crippen LogP contribution in [0.1, 0.15) is 24.6 Å². The molecule has 0 amide bonds. The molecule has 1 aliphatic rings. The second-order valence-electron chi connectivity index (χ2n) is 5.17. The zero-order chi connectivity index (χ0) is 13.2. The summed E-state index contributed by atoms with van der Waals surface area (Å²) in [4.78, 5) is 13.8. The highest BCUT2D eigenvalue weighted by atomic mass is 32.1. The number of aromatic nitrogens is 2. The summed E-state index contributed by atoms with van der Waals surface area (Å²) in [7, 11) is 0. The van der Waals surface area contributed by atoms with E-state index in [4.69, 9.17) is 5.73 Å². The first kappa shape index (κ1) is 12.8. The van der Waals surface area contributed by atoms with Gasteiger partial charge in [0.05, 0.1) is 5.39 Å². The first-order valence-corrected chi connectivity index (χ1v) is 7.82. The van der Waals surface area contributed by atoms with Gasteiger partial charge >= 0.3 is 0 Å². The number of nitrogens with zero attached hydrogens (tertiary/aromatic N) is 3. The lowest BCUT2D eigenvalue weighted by atomic mass is 9.98. The molecule has 3 rings (SSSR count). The SMILES string of the molecule is CCc1cc2c(N3CCCC(CN)C3)ncnc2s1. The molecule has 2 aromatic heterocycles. The maximum atomic E-state index is 5.82. The molecule has 2 N–H and O–H groups in total. The number of thiophene rings is 1. The van der Waals surface area contributed by atoms with Crippen molar-refractivity contribution in [2.45, 2.75) is 26.2 Å². The van der Waals surface area contributed by atoms with Gasteiger partial charge in [0.1, 0.15) is 17.0 Å². The van der Waals surface area contributed by atoms with Crippen molar-refractivity contribution in [2.24, 2.45) is 11.7 Å². The Morgan fingerprint density at radius 3 is 3.16 bits per heavy atom. The molecular weight excluding hydrogens is 256 g/mol. The summed E-state index contributed by atoms with van der Waals surface area (Å²) in [5.74, 6) is 1.70. The van der Waals surface area contributed by atoms with E-state index < -0.39 is 0 Å². The van der Waals surface area contributed by atoms with Crippen molar-refractivity contribution in [1.29, 1.82) is 0 Å². The minimum atomic E-state index is 0.600. The number of nitrogens with two attached hydrogens (primary N) is 1. The van der Waals surface area contributed by atoms with Crippen LogP contribution in [-0.4, -0.2) is 29.6 Å². The molecule has 0 radical (unpaired) electrons. The molecule has 1 saturated heterocycles. The Kier molecular flexibility index (Phi) is 3.66. The Hall–Kier alpha value is -1.20. The number of hydrogen-bond donors (Lipinski definition) is 1. The van der Waals surface area contributed by atoms with Crippen molar-refractivity contribution in [2.75, 3.05) is 24.5 Å². The van der Waals surface area contributed by atoms with E-state index in [2.05, 4.69) is 27.9 Å². The smallest absolute Gasteiger partial charge is 0.140 e. The van der Waals surface area contributed by atoms with Crippen molar-refractivity contribution in [3.05, 3.63) is 17.3 Å². The third-order valence-corrected chi connectivity index (χ3v) is 5.05. The molecule has 1 atom stereocenters. The van der Waals surface area contributed by atoms with Gasteiger partial charge in [-0.15, -0.1) is 11.3 Å². The van der Waals surface area contributed by atoms with Crippen LogP contribution >= 0.6 is 11.3 Å².